The Balaban J connectivity index is 1.80. The van der Waals surface area contributed by atoms with Crippen LogP contribution in [0.4, 0.5) is 14.5 Å². The number of halogens is 2. The number of carbonyl (C=O) groups is 2. The van der Waals surface area contributed by atoms with E-state index in [1.165, 1.54) is 6.07 Å². The molecule has 4 atom stereocenters. The average molecular weight is 295 g/mol. The van der Waals surface area contributed by atoms with Crippen molar-refractivity contribution < 1.29 is 28.2 Å². The van der Waals surface area contributed by atoms with Gasteiger partial charge in [-0.25, -0.2) is 8.78 Å². The molecule has 2 aliphatic rings. The van der Waals surface area contributed by atoms with E-state index in [1.807, 2.05) is 0 Å². The van der Waals surface area contributed by atoms with E-state index in [9.17, 15) is 23.5 Å². The highest BCUT2D eigenvalue weighted by molar-refractivity contribution is 5.96. The van der Waals surface area contributed by atoms with Crippen molar-refractivity contribution in [1.82, 2.24) is 0 Å². The number of nitrogens with one attached hydrogen (secondary N) is 1. The first kappa shape index (κ1) is 13.7. The second-order valence-corrected chi connectivity index (χ2v) is 4.96. The van der Waals surface area contributed by atoms with Crippen LogP contribution in [0.5, 0.6) is 0 Å². The van der Waals surface area contributed by atoms with Gasteiger partial charge >= 0.3 is 5.97 Å². The van der Waals surface area contributed by atoms with Crippen molar-refractivity contribution in [2.45, 2.75) is 12.2 Å². The number of rotatable bonds is 3. The van der Waals surface area contributed by atoms with Crippen LogP contribution in [0.3, 0.4) is 0 Å². The molecule has 0 spiro atoms. The van der Waals surface area contributed by atoms with Crippen molar-refractivity contribution in [3.8, 4) is 0 Å². The molecule has 2 bridgehead atoms. The van der Waals surface area contributed by atoms with Gasteiger partial charge < -0.3 is 15.2 Å². The fourth-order valence-corrected chi connectivity index (χ4v) is 2.71. The van der Waals surface area contributed by atoms with Gasteiger partial charge in [-0.2, -0.15) is 0 Å². The molecule has 2 aliphatic heterocycles. The first-order valence-electron chi connectivity index (χ1n) is 6.30. The normalized spacial score (nSPS) is 29.6. The Hall–Kier alpha value is -2.28. The number of fused-ring (bicyclic) bond motifs is 2. The lowest BCUT2D eigenvalue weighted by molar-refractivity contribution is -0.145. The summed E-state index contributed by atoms with van der Waals surface area (Å²) >= 11 is 0. The molecule has 0 saturated carbocycles. The molecule has 1 aromatic carbocycles. The van der Waals surface area contributed by atoms with Crippen LogP contribution in [0.2, 0.25) is 0 Å². The number of amides is 1. The molecule has 0 aromatic heterocycles. The molecule has 2 N–H and O–H groups in total. The molecule has 1 amide bonds. The third kappa shape index (κ3) is 2.29. The molecule has 1 aromatic rings. The van der Waals surface area contributed by atoms with Gasteiger partial charge in [0.1, 0.15) is 5.92 Å². The number of hydrogen-bond acceptors (Lipinski definition) is 3. The molecular formula is C14H11F2NO4. The van der Waals surface area contributed by atoms with Gasteiger partial charge in [-0.1, -0.05) is 12.2 Å². The van der Waals surface area contributed by atoms with Crippen molar-refractivity contribution in [2.75, 3.05) is 5.32 Å². The van der Waals surface area contributed by atoms with Crippen molar-refractivity contribution in [1.29, 1.82) is 0 Å². The van der Waals surface area contributed by atoms with E-state index >= 15 is 0 Å². The minimum Gasteiger partial charge on any atom is -0.481 e. The van der Waals surface area contributed by atoms with Crippen LogP contribution < -0.4 is 5.32 Å². The number of carbonyl (C=O) groups excluding carboxylic acids is 1. The van der Waals surface area contributed by atoms with E-state index in [0.29, 0.717) is 0 Å². The van der Waals surface area contributed by atoms with Crippen molar-refractivity contribution in [3.05, 3.63) is 42.0 Å². The van der Waals surface area contributed by atoms with Crippen LogP contribution in [-0.2, 0) is 14.3 Å². The standard InChI is InChI=1S/C14H11F2NO4/c15-7-2-1-6(5-8(7)16)17-13(18)11-9-3-4-10(21-9)12(11)14(19)20/h1-5,9-12H,(H,17,18)(H,19,20)/t9-,10+,11+,12-/m1/s1. The van der Waals surface area contributed by atoms with Crippen LogP contribution in [0.1, 0.15) is 0 Å². The smallest absolute Gasteiger partial charge is 0.310 e. The Labute approximate surface area is 118 Å². The van der Waals surface area contributed by atoms with Crippen LogP contribution in [-0.4, -0.2) is 29.2 Å². The van der Waals surface area contributed by atoms with Gasteiger partial charge in [0.25, 0.3) is 0 Å². The predicted octanol–water partition coefficient (Wildman–Crippen LogP) is 1.56. The largest absolute Gasteiger partial charge is 0.481 e. The summed E-state index contributed by atoms with van der Waals surface area (Å²) in [5.41, 5.74) is 0.0646. The third-order valence-electron chi connectivity index (χ3n) is 3.67. The molecule has 3 rings (SSSR count). The second-order valence-electron chi connectivity index (χ2n) is 4.96. The maximum absolute atomic E-state index is 13.1. The highest BCUT2D eigenvalue weighted by atomic mass is 19.2. The highest BCUT2D eigenvalue weighted by Crippen LogP contribution is 2.39. The predicted molar refractivity (Wildman–Crippen MR) is 67.4 cm³/mol. The van der Waals surface area contributed by atoms with Gasteiger partial charge in [0.05, 0.1) is 18.1 Å². The molecule has 21 heavy (non-hydrogen) atoms. The van der Waals surface area contributed by atoms with E-state index in [0.717, 1.165) is 12.1 Å². The SMILES string of the molecule is O=C(Nc1ccc(F)c(F)c1)[C@@H]1[C@H](C(=O)O)[C@@H]2C=C[C@H]1O2. The lowest BCUT2D eigenvalue weighted by Crippen LogP contribution is -2.39. The quantitative estimate of drug-likeness (QED) is 0.830. The zero-order valence-electron chi connectivity index (χ0n) is 10.6. The molecular weight excluding hydrogens is 284 g/mol. The lowest BCUT2D eigenvalue weighted by Gasteiger charge is -2.21. The molecule has 1 fully saturated rings. The molecule has 1 saturated heterocycles. The van der Waals surface area contributed by atoms with E-state index in [-0.39, 0.29) is 5.69 Å². The van der Waals surface area contributed by atoms with Crippen molar-refractivity contribution in [2.24, 2.45) is 11.8 Å². The minimum absolute atomic E-state index is 0.0646. The Morgan fingerprint density at radius 3 is 2.38 bits per heavy atom. The van der Waals surface area contributed by atoms with E-state index in [2.05, 4.69) is 5.32 Å². The summed E-state index contributed by atoms with van der Waals surface area (Å²) in [5, 5.41) is 11.6. The Kier molecular flexibility index (Phi) is 3.21. The first-order chi connectivity index (χ1) is 9.97. The molecule has 0 radical (unpaired) electrons. The minimum atomic E-state index is -1.13. The number of benzene rings is 1. The fourth-order valence-electron chi connectivity index (χ4n) is 2.71. The number of aliphatic carboxylic acids is 1. The number of hydrogen-bond donors (Lipinski definition) is 2. The maximum Gasteiger partial charge on any atom is 0.310 e. The van der Waals surface area contributed by atoms with Crippen molar-refractivity contribution >= 4 is 17.6 Å². The summed E-state index contributed by atoms with van der Waals surface area (Å²) in [6.07, 6.45) is 2.01. The lowest BCUT2D eigenvalue weighted by atomic mass is 9.82. The molecule has 2 heterocycles. The molecule has 7 heteroatoms. The van der Waals surface area contributed by atoms with E-state index in [4.69, 9.17) is 4.74 Å². The van der Waals surface area contributed by atoms with Gasteiger partial charge in [-0.3, -0.25) is 9.59 Å². The first-order valence-corrected chi connectivity index (χ1v) is 6.30. The molecule has 5 nitrogen and oxygen atoms in total. The second kappa shape index (κ2) is 4.92. The van der Waals surface area contributed by atoms with Gasteiger partial charge in [-0.05, 0) is 12.1 Å². The number of carboxylic acid groups (broad SMARTS) is 1. The molecule has 0 aliphatic carbocycles. The Morgan fingerprint density at radius 1 is 1.10 bits per heavy atom. The maximum atomic E-state index is 13.1. The zero-order chi connectivity index (χ0) is 15.1. The van der Waals surface area contributed by atoms with Crippen LogP contribution in [0.15, 0.2) is 30.4 Å². The van der Waals surface area contributed by atoms with Crippen LogP contribution in [0, 0.1) is 23.5 Å². The Bertz CT molecular complexity index is 646. The number of anilines is 1. The van der Waals surface area contributed by atoms with Gasteiger partial charge in [0, 0.05) is 11.8 Å². The highest BCUT2D eigenvalue weighted by Gasteiger charge is 2.53. The van der Waals surface area contributed by atoms with Crippen LogP contribution in [0.25, 0.3) is 0 Å². The summed E-state index contributed by atoms with van der Waals surface area (Å²) in [4.78, 5) is 23.5. The number of ether oxygens (including phenoxy) is 1. The average Bonchev–Trinajstić information content (AvgIpc) is 3.03. The Morgan fingerprint density at radius 2 is 1.76 bits per heavy atom. The van der Waals surface area contributed by atoms with Gasteiger partial charge in [0.2, 0.25) is 5.91 Å². The molecule has 0 unspecified atom stereocenters. The zero-order valence-corrected chi connectivity index (χ0v) is 10.6. The summed E-state index contributed by atoms with van der Waals surface area (Å²) in [7, 11) is 0. The van der Waals surface area contributed by atoms with E-state index in [1.54, 1.807) is 12.2 Å². The monoisotopic (exact) mass is 295 g/mol. The number of carboxylic acids is 1. The third-order valence-corrected chi connectivity index (χ3v) is 3.67. The summed E-state index contributed by atoms with van der Waals surface area (Å²) in [6.45, 7) is 0. The molecule has 110 valence electrons. The van der Waals surface area contributed by atoms with E-state index < -0.39 is 47.6 Å². The summed E-state index contributed by atoms with van der Waals surface area (Å²) < 4.78 is 31.3. The fraction of sp³-hybridized carbons (Fsp3) is 0.286. The van der Waals surface area contributed by atoms with Gasteiger partial charge in [-0.15, -0.1) is 0 Å². The van der Waals surface area contributed by atoms with Crippen molar-refractivity contribution in [3.63, 3.8) is 0 Å². The topological polar surface area (TPSA) is 75.6 Å². The van der Waals surface area contributed by atoms with Gasteiger partial charge in [0.15, 0.2) is 11.6 Å². The summed E-state index contributed by atoms with van der Waals surface area (Å²) in [5.74, 6) is -5.72. The summed E-state index contributed by atoms with van der Waals surface area (Å²) in [6, 6.07) is 2.93. The van der Waals surface area contributed by atoms with Crippen LogP contribution >= 0.6 is 0 Å².